The van der Waals surface area contributed by atoms with E-state index in [2.05, 4.69) is 26.6 Å². The number of pyridine rings is 1. The SMILES string of the molecule is Cn1c(=O)n(C2CCC(=O)NC2=O)c2cccc(C3CCN(CC4CCC(n5cc6cc(NC(=O)c7cccc(C(F)(F)F)n7)c(S(C)(=O)=O)cc6n5)CC4)CC3)c21. The molecular weight excluding hydrogens is 778 g/mol. The van der Waals surface area contributed by atoms with Crippen LogP contribution in [0.25, 0.3) is 21.9 Å². The van der Waals surface area contributed by atoms with E-state index in [0.717, 1.165) is 93.7 Å². The maximum Gasteiger partial charge on any atom is 0.433 e. The van der Waals surface area contributed by atoms with Crippen molar-refractivity contribution in [2.45, 2.75) is 80.4 Å². The highest BCUT2D eigenvalue weighted by Crippen LogP contribution is 2.38. The molecule has 8 rings (SSSR count). The number of imidazole rings is 1. The van der Waals surface area contributed by atoms with Gasteiger partial charge in [-0.25, -0.2) is 18.2 Å². The molecule has 2 aromatic carbocycles. The quantitative estimate of drug-likeness (QED) is 0.196. The summed E-state index contributed by atoms with van der Waals surface area (Å²) < 4.78 is 70.2. The fourth-order valence-electron chi connectivity index (χ4n) is 8.98. The second-order valence-corrected chi connectivity index (χ2v) is 17.8. The number of imide groups is 1. The number of amides is 3. The zero-order valence-corrected chi connectivity index (χ0v) is 32.8. The van der Waals surface area contributed by atoms with E-state index in [1.807, 2.05) is 23.0 Å². The number of sulfone groups is 1. The van der Waals surface area contributed by atoms with Gasteiger partial charge in [-0.3, -0.25) is 33.5 Å². The Morgan fingerprint density at radius 2 is 1.69 bits per heavy atom. The van der Waals surface area contributed by atoms with Crippen LogP contribution < -0.4 is 16.3 Å². The topological polar surface area (TPSA) is 170 Å². The number of para-hydroxylation sites is 1. The summed E-state index contributed by atoms with van der Waals surface area (Å²) in [4.78, 5) is 56.6. The minimum Gasteiger partial charge on any atom is -0.319 e. The van der Waals surface area contributed by atoms with E-state index in [1.54, 1.807) is 11.6 Å². The Morgan fingerprint density at radius 3 is 2.38 bits per heavy atom. The van der Waals surface area contributed by atoms with Gasteiger partial charge in [0.25, 0.3) is 5.91 Å². The summed E-state index contributed by atoms with van der Waals surface area (Å²) in [5.41, 5.74) is 0.981. The molecule has 1 unspecified atom stereocenters. The van der Waals surface area contributed by atoms with Crippen LogP contribution in [-0.4, -0.2) is 80.8 Å². The van der Waals surface area contributed by atoms with Crippen LogP contribution in [-0.2, 0) is 32.7 Å². The summed E-state index contributed by atoms with van der Waals surface area (Å²) in [7, 11) is -2.13. The molecular formula is C40H43F3N8O6S. The van der Waals surface area contributed by atoms with Crippen molar-refractivity contribution in [1.82, 2.24) is 34.1 Å². The Kier molecular flexibility index (Phi) is 10.3. The third kappa shape index (κ3) is 7.66. The smallest absolute Gasteiger partial charge is 0.319 e. The largest absolute Gasteiger partial charge is 0.433 e. The normalized spacial score (nSPS) is 21.4. The average Bonchev–Trinajstić information content (AvgIpc) is 3.72. The van der Waals surface area contributed by atoms with Crippen LogP contribution in [0.15, 0.2) is 64.4 Å². The van der Waals surface area contributed by atoms with Crippen LogP contribution in [0.5, 0.6) is 0 Å². The van der Waals surface area contributed by atoms with Crippen LogP contribution in [0, 0.1) is 5.92 Å². The first-order valence-electron chi connectivity index (χ1n) is 19.4. The van der Waals surface area contributed by atoms with Gasteiger partial charge in [-0.1, -0.05) is 18.2 Å². The summed E-state index contributed by atoms with van der Waals surface area (Å²) in [5.74, 6) is -1.00. The van der Waals surface area contributed by atoms with Gasteiger partial charge in [-0.2, -0.15) is 18.3 Å². The molecule has 2 N–H and O–H groups in total. The number of alkyl halides is 3. The summed E-state index contributed by atoms with van der Waals surface area (Å²) in [6, 6.07) is 11.0. The minimum atomic E-state index is -4.75. The van der Waals surface area contributed by atoms with Gasteiger partial charge in [0.1, 0.15) is 17.4 Å². The Balaban J connectivity index is 0.900. The lowest BCUT2D eigenvalue weighted by atomic mass is 9.84. The van der Waals surface area contributed by atoms with Crippen molar-refractivity contribution in [3.8, 4) is 0 Å². The van der Waals surface area contributed by atoms with Crippen LogP contribution in [0.1, 0.15) is 91.1 Å². The number of nitrogens with zero attached hydrogens (tertiary/aromatic N) is 6. The molecule has 58 heavy (non-hydrogen) atoms. The third-order valence-corrected chi connectivity index (χ3v) is 13.1. The van der Waals surface area contributed by atoms with E-state index in [1.165, 1.54) is 16.7 Å². The number of halogens is 3. The lowest BCUT2D eigenvalue weighted by Crippen LogP contribution is -2.44. The van der Waals surface area contributed by atoms with Gasteiger partial charge in [-0.05, 0) is 106 Å². The first-order chi connectivity index (χ1) is 27.5. The molecule has 0 radical (unpaired) electrons. The molecule has 1 aliphatic carbocycles. The number of anilines is 1. The highest BCUT2D eigenvalue weighted by molar-refractivity contribution is 7.90. The van der Waals surface area contributed by atoms with E-state index in [9.17, 15) is 40.8 Å². The molecule has 1 saturated carbocycles. The molecule has 18 heteroatoms. The fourth-order valence-corrected chi connectivity index (χ4v) is 9.82. The number of hydrogen-bond donors (Lipinski definition) is 2. The van der Waals surface area contributed by atoms with E-state index < -0.39 is 45.3 Å². The van der Waals surface area contributed by atoms with Crippen molar-refractivity contribution >= 4 is 55.2 Å². The number of piperidine rings is 2. The van der Waals surface area contributed by atoms with Gasteiger partial charge in [0, 0.05) is 37.9 Å². The number of hydrogen-bond acceptors (Lipinski definition) is 9. The Labute approximate surface area is 331 Å². The molecule has 1 atom stereocenters. The number of rotatable bonds is 8. The van der Waals surface area contributed by atoms with E-state index in [4.69, 9.17) is 5.10 Å². The van der Waals surface area contributed by atoms with Gasteiger partial charge >= 0.3 is 11.9 Å². The van der Waals surface area contributed by atoms with Crippen LogP contribution in [0.3, 0.4) is 0 Å². The lowest BCUT2D eigenvalue weighted by Gasteiger charge is -2.37. The van der Waals surface area contributed by atoms with Gasteiger partial charge < -0.3 is 10.2 Å². The molecule has 306 valence electrons. The first-order valence-corrected chi connectivity index (χ1v) is 21.3. The second kappa shape index (κ2) is 15.1. The summed E-state index contributed by atoms with van der Waals surface area (Å²) in [6.45, 7) is 2.80. The number of benzene rings is 2. The predicted molar refractivity (Wildman–Crippen MR) is 208 cm³/mol. The Bertz CT molecular complexity index is 2620. The monoisotopic (exact) mass is 820 g/mol. The van der Waals surface area contributed by atoms with Crippen molar-refractivity contribution in [2.24, 2.45) is 13.0 Å². The maximum absolute atomic E-state index is 13.4. The molecule has 3 aromatic heterocycles. The number of fused-ring (bicyclic) bond motifs is 2. The number of aromatic nitrogens is 5. The molecule has 5 heterocycles. The molecule has 2 saturated heterocycles. The number of nitrogens with one attached hydrogen (secondary N) is 2. The second-order valence-electron chi connectivity index (χ2n) is 15.8. The molecule has 3 amide bonds. The van der Waals surface area contributed by atoms with Gasteiger partial charge in [-0.15, -0.1) is 0 Å². The van der Waals surface area contributed by atoms with Gasteiger partial charge in [0.15, 0.2) is 9.84 Å². The Hall–Kier alpha value is -5.36. The lowest BCUT2D eigenvalue weighted by molar-refractivity contribution is -0.141. The number of likely N-dealkylation sites (tertiary alicyclic amines) is 1. The molecule has 14 nitrogen and oxygen atoms in total. The fraction of sp³-hybridized carbons (Fsp3) is 0.450. The number of carbonyl (C=O) groups is 3. The molecule has 0 bridgehead atoms. The van der Waals surface area contributed by atoms with E-state index in [-0.39, 0.29) is 47.0 Å². The van der Waals surface area contributed by atoms with Crippen LogP contribution in [0.2, 0.25) is 0 Å². The third-order valence-electron chi connectivity index (χ3n) is 11.9. The molecule has 3 fully saturated rings. The van der Waals surface area contributed by atoms with E-state index >= 15 is 0 Å². The predicted octanol–water partition coefficient (Wildman–Crippen LogP) is 5.35. The van der Waals surface area contributed by atoms with Crippen molar-refractivity contribution < 1.29 is 36.0 Å². The van der Waals surface area contributed by atoms with Crippen LogP contribution in [0.4, 0.5) is 18.9 Å². The van der Waals surface area contributed by atoms with Crippen molar-refractivity contribution in [3.63, 3.8) is 0 Å². The van der Waals surface area contributed by atoms with Gasteiger partial charge in [0.05, 0.1) is 33.2 Å². The highest BCUT2D eigenvalue weighted by atomic mass is 32.2. The van der Waals surface area contributed by atoms with Crippen molar-refractivity contribution in [1.29, 1.82) is 0 Å². The molecule has 2 aliphatic heterocycles. The Morgan fingerprint density at radius 1 is 0.966 bits per heavy atom. The number of carbonyl (C=O) groups excluding carboxylic acids is 3. The van der Waals surface area contributed by atoms with Gasteiger partial charge in [0.2, 0.25) is 11.8 Å². The standard InChI is InChI=1S/C40H43F3N8O6S/c1-48-36-27(5-3-7-31(36)51(39(48)55)32-13-14-35(52)46-38(32)54)24-15-17-49(18-16-24)21-23-9-11-26(12-10-23)50-22-25-19-30(33(58(2,56)57)20-29(25)47-50)45-37(53)28-6-4-8-34(44-28)40(41,42)43/h3-8,19-20,22-24,26,32H,9-18,21H2,1-2H3,(H,45,53)(H,46,52,54). The average molecular weight is 821 g/mol. The highest BCUT2D eigenvalue weighted by Gasteiger charge is 2.35. The minimum absolute atomic E-state index is 0.0717. The zero-order chi connectivity index (χ0) is 41.1. The summed E-state index contributed by atoms with van der Waals surface area (Å²) >= 11 is 0. The molecule has 0 spiro atoms. The first kappa shape index (κ1) is 39.5. The van der Waals surface area contributed by atoms with Crippen molar-refractivity contribution in [3.05, 3.63) is 82.2 Å². The zero-order valence-electron chi connectivity index (χ0n) is 32.0. The van der Waals surface area contributed by atoms with Crippen molar-refractivity contribution in [2.75, 3.05) is 31.2 Å². The maximum atomic E-state index is 13.4. The molecule has 3 aliphatic rings. The molecule has 5 aromatic rings. The summed E-state index contributed by atoms with van der Waals surface area (Å²) in [5, 5.41) is 10.1. The summed E-state index contributed by atoms with van der Waals surface area (Å²) in [6.07, 6.45) is 4.10. The number of aryl methyl sites for hydroxylation is 1. The van der Waals surface area contributed by atoms with Crippen LogP contribution >= 0.6 is 0 Å². The van der Waals surface area contributed by atoms with E-state index in [0.29, 0.717) is 22.3 Å².